The van der Waals surface area contributed by atoms with E-state index in [0.717, 1.165) is 32.2 Å². The molecule has 1 fully saturated rings. The van der Waals surface area contributed by atoms with E-state index in [2.05, 4.69) is 17.6 Å². The van der Waals surface area contributed by atoms with E-state index in [0.29, 0.717) is 6.04 Å². The first kappa shape index (κ1) is 15.0. The second-order valence-electron chi connectivity index (χ2n) is 5.17. The molecule has 0 saturated carbocycles. The van der Waals surface area contributed by atoms with Crippen molar-refractivity contribution in [3.8, 4) is 0 Å². The molecule has 0 radical (unpaired) electrons. The lowest BCUT2D eigenvalue weighted by atomic mass is 9.92. The molecule has 1 saturated heterocycles. The first-order valence-electron chi connectivity index (χ1n) is 6.78. The lowest BCUT2D eigenvalue weighted by molar-refractivity contribution is -0.138. The van der Waals surface area contributed by atoms with Crippen LogP contribution in [0.1, 0.15) is 46.0 Å². The monoisotopic (exact) mass is 256 g/mol. The maximum absolute atomic E-state index is 12.1. The number of nitrogens with one attached hydrogen (secondary N) is 2. The molecule has 5 heteroatoms. The van der Waals surface area contributed by atoms with Crippen LogP contribution in [0.5, 0.6) is 0 Å². The summed E-state index contributed by atoms with van der Waals surface area (Å²) in [6.07, 6.45) is 3.28. The maximum Gasteiger partial charge on any atom is 0.305 e. The quantitative estimate of drug-likeness (QED) is 0.666. The van der Waals surface area contributed by atoms with Crippen LogP contribution in [-0.2, 0) is 9.59 Å². The Morgan fingerprint density at radius 2 is 2.22 bits per heavy atom. The first-order chi connectivity index (χ1) is 8.52. The molecule has 1 aliphatic heterocycles. The van der Waals surface area contributed by atoms with Gasteiger partial charge in [-0.25, -0.2) is 0 Å². The SMILES string of the molecule is CCCC(CC(=O)O)NC(=O)C1CCNC(C)C1. The fourth-order valence-corrected chi connectivity index (χ4v) is 2.47. The second kappa shape index (κ2) is 7.36. The molecule has 0 spiro atoms. The molecule has 5 nitrogen and oxygen atoms in total. The van der Waals surface area contributed by atoms with Gasteiger partial charge in [-0.2, -0.15) is 0 Å². The lowest BCUT2D eigenvalue weighted by Gasteiger charge is -2.28. The fraction of sp³-hybridized carbons (Fsp3) is 0.846. The van der Waals surface area contributed by atoms with Gasteiger partial charge < -0.3 is 15.7 Å². The smallest absolute Gasteiger partial charge is 0.305 e. The maximum atomic E-state index is 12.1. The highest BCUT2D eigenvalue weighted by molar-refractivity contribution is 5.80. The van der Waals surface area contributed by atoms with Gasteiger partial charge in [0.05, 0.1) is 6.42 Å². The van der Waals surface area contributed by atoms with E-state index < -0.39 is 5.97 Å². The van der Waals surface area contributed by atoms with Gasteiger partial charge in [-0.05, 0) is 32.7 Å². The van der Waals surface area contributed by atoms with Gasteiger partial charge in [0.15, 0.2) is 0 Å². The zero-order valence-corrected chi connectivity index (χ0v) is 11.2. The number of amides is 1. The number of carboxylic acid groups (broad SMARTS) is 1. The molecule has 1 rings (SSSR count). The van der Waals surface area contributed by atoms with Crippen molar-refractivity contribution in [2.45, 2.75) is 58.0 Å². The molecule has 0 aromatic rings. The Kier molecular flexibility index (Phi) is 6.12. The molecule has 3 atom stereocenters. The predicted octanol–water partition coefficient (Wildman–Crippen LogP) is 1.13. The third-order valence-corrected chi connectivity index (χ3v) is 3.40. The number of hydrogen-bond donors (Lipinski definition) is 3. The van der Waals surface area contributed by atoms with E-state index in [1.54, 1.807) is 0 Å². The summed E-state index contributed by atoms with van der Waals surface area (Å²) < 4.78 is 0. The van der Waals surface area contributed by atoms with Crippen molar-refractivity contribution in [3.05, 3.63) is 0 Å². The van der Waals surface area contributed by atoms with Gasteiger partial charge in [-0.3, -0.25) is 9.59 Å². The van der Waals surface area contributed by atoms with Crippen LogP contribution in [0.3, 0.4) is 0 Å². The van der Waals surface area contributed by atoms with Crippen molar-refractivity contribution >= 4 is 11.9 Å². The minimum Gasteiger partial charge on any atom is -0.481 e. The van der Waals surface area contributed by atoms with Gasteiger partial charge in [0.1, 0.15) is 0 Å². The molecule has 0 aliphatic carbocycles. The van der Waals surface area contributed by atoms with E-state index in [1.165, 1.54) is 0 Å². The molecule has 0 bridgehead atoms. The molecule has 1 heterocycles. The Labute approximate surface area is 108 Å². The summed E-state index contributed by atoms with van der Waals surface area (Å²) >= 11 is 0. The van der Waals surface area contributed by atoms with Crippen LogP contribution in [0.15, 0.2) is 0 Å². The number of carbonyl (C=O) groups is 2. The second-order valence-corrected chi connectivity index (χ2v) is 5.17. The van der Waals surface area contributed by atoms with Crippen LogP contribution < -0.4 is 10.6 Å². The van der Waals surface area contributed by atoms with Crippen LogP contribution in [0, 0.1) is 5.92 Å². The van der Waals surface area contributed by atoms with Gasteiger partial charge in [-0.1, -0.05) is 13.3 Å². The molecule has 104 valence electrons. The van der Waals surface area contributed by atoms with Crippen molar-refractivity contribution in [3.63, 3.8) is 0 Å². The Hall–Kier alpha value is -1.10. The zero-order chi connectivity index (χ0) is 13.5. The van der Waals surface area contributed by atoms with Gasteiger partial charge in [0.2, 0.25) is 5.91 Å². The third-order valence-electron chi connectivity index (χ3n) is 3.40. The van der Waals surface area contributed by atoms with E-state index in [1.807, 2.05) is 6.92 Å². The van der Waals surface area contributed by atoms with Crippen molar-refractivity contribution < 1.29 is 14.7 Å². The molecular formula is C13H24N2O3. The minimum absolute atomic E-state index is 0.0140. The standard InChI is InChI=1S/C13H24N2O3/c1-3-4-11(8-12(16)17)15-13(18)10-5-6-14-9(2)7-10/h9-11,14H,3-8H2,1-2H3,(H,15,18)(H,16,17). The summed E-state index contributed by atoms with van der Waals surface area (Å²) in [5, 5.41) is 15.0. The van der Waals surface area contributed by atoms with E-state index in [9.17, 15) is 9.59 Å². The molecular weight excluding hydrogens is 232 g/mol. The predicted molar refractivity (Wildman–Crippen MR) is 69.3 cm³/mol. The molecule has 0 aromatic carbocycles. The molecule has 3 N–H and O–H groups in total. The molecule has 1 aliphatic rings. The Morgan fingerprint density at radius 1 is 1.50 bits per heavy atom. The summed E-state index contributed by atoms with van der Waals surface area (Å²) in [5.74, 6) is -0.815. The average molecular weight is 256 g/mol. The number of rotatable bonds is 6. The van der Waals surface area contributed by atoms with Crippen molar-refractivity contribution in [1.82, 2.24) is 10.6 Å². The van der Waals surface area contributed by atoms with E-state index in [4.69, 9.17) is 5.11 Å². The largest absolute Gasteiger partial charge is 0.481 e. The first-order valence-corrected chi connectivity index (χ1v) is 6.78. The van der Waals surface area contributed by atoms with Gasteiger partial charge in [-0.15, -0.1) is 0 Å². The van der Waals surface area contributed by atoms with E-state index >= 15 is 0 Å². The summed E-state index contributed by atoms with van der Waals surface area (Å²) in [6.45, 7) is 4.92. The van der Waals surface area contributed by atoms with Crippen LogP contribution in [0.25, 0.3) is 0 Å². The van der Waals surface area contributed by atoms with Crippen molar-refractivity contribution in [2.24, 2.45) is 5.92 Å². The van der Waals surface area contributed by atoms with Crippen LogP contribution >= 0.6 is 0 Å². The Morgan fingerprint density at radius 3 is 2.78 bits per heavy atom. The topological polar surface area (TPSA) is 78.4 Å². The highest BCUT2D eigenvalue weighted by Crippen LogP contribution is 2.17. The molecule has 3 unspecified atom stereocenters. The Bertz CT molecular complexity index is 294. The number of carbonyl (C=O) groups excluding carboxylic acids is 1. The van der Waals surface area contributed by atoms with Gasteiger partial charge >= 0.3 is 5.97 Å². The highest BCUT2D eigenvalue weighted by Gasteiger charge is 2.26. The average Bonchev–Trinajstić information content (AvgIpc) is 2.28. The molecule has 18 heavy (non-hydrogen) atoms. The van der Waals surface area contributed by atoms with Crippen molar-refractivity contribution in [1.29, 1.82) is 0 Å². The van der Waals surface area contributed by atoms with E-state index in [-0.39, 0.29) is 24.3 Å². The number of aliphatic carboxylic acids is 1. The number of carboxylic acids is 1. The van der Waals surface area contributed by atoms with Crippen molar-refractivity contribution in [2.75, 3.05) is 6.54 Å². The number of hydrogen-bond acceptors (Lipinski definition) is 3. The summed E-state index contributed by atoms with van der Waals surface area (Å²) in [6, 6.07) is 0.129. The van der Waals surface area contributed by atoms with Gasteiger partial charge in [0.25, 0.3) is 0 Å². The van der Waals surface area contributed by atoms with Gasteiger partial charge in [0, 0.05) is 18.0 Å². The summed E-state index contributed by atoms with van der Waals surface area (Å²) in [5.41, 5.74) is 0. The lowest BCUT2D eigenvalue weighted by Crippen LogP contribution is -2.45. The van der Waals surface area contributed by atoms with Crippen LogP contribution in [0.4, 0.5) is 0 Å². The molecule has 1 amide bonds. The van der Waals surface area contributed by atoms with Crippen LogP contribution in [-0.4, -0.2) is 35.6 Å². The highest BCUT2D eigenvalue weighted by atomic mass is 16.4. The zero-order valence-electron chi connectivity index (χ0n) is 11.2. The third kappa shape index (κ3) is 5.04. The summed E-state index contributed by atoms with van der Waals surface area (Å²) in [7, 11) is 0. The summed E-state index contributed by atoms with van der Waals surface area (Å²) in [4.78, 5) is 22.8. The minimum atomic E-state index is -0.854. The number of piperidine rings is 1. The normalized spacial score (nSPS) is 25.4. The molecule has 0 aromatic heterocycles. The van der Waals surface area contributed by atoms with Crippen LogP contribution in [0.2, 0.25) is 0 Å². The Balaban J connectivity index is 2.46. The fourth-order valence-electron chi connectivity index (χ4n) is 2.47.